The lowest BCUT2D eigenvalue weighted by molar-refractivity contribution is 0.102. The number of hydrogen-bond donors (Lipinski definition) is 1. The second kappa shape index (κ2) is 5.50. The van der Waals surface area contributed by atoms with Gasteiger partial charge in [0.1, 0.15) is 11.0 Å². The minimum absolute atomic E-state index is 0.00268. The van der Waals surface area contributed by atoms with Gasteiger partial charge in [0.2, 0.25) is 5.95 Å². The Morgan fingerprint density at radius 3 is 2.74 bits per heavy atom. The van der Waals surface area contributed by atoms with Gasteiger partial charge in [0, 0.05) is 5.69 Å². The van der Waals surface area contributed by atoms with Crippen LogP contribution in [0.1, 0.15) is 16.1 Å². The van der Waals surface area contributed by atoms with Crippen molar-refractivity contribution in [2.75, 3.05) is 5.32 Å². The summed E-state index contributed by atoms with van der Waals surface area (Å²) >= 11 is 11.5. The molecule has 7 heteroatoms. The zero-order valence-electron chi connectivity index (χ0n) is 9.75. The zero-order valence-corrected chi connectivity index (χ0v) is 11.3. The molecule has 2 rings (SSSR count). The van der Waals surface area contributed by atoms with E-state index < -0.39 is 11.7 Å². The van der Waals surface area contributed by atoms with Crippen molar-refractivity contribution >= 4 is 35.1 Å². The highest BCUT2D eigenvalue weighted by molar-refractivity contribution is 6.34. The molecule has 0 bridgehead atoms. The molecule has 1 N–H and O–H groups in total. The minimum atomic E-state index is -0.669. The van der Waals surface area contributed by atoms with Gasteiger partial charge in [-0.05, 0) is 25.1 Å². The Labute approximate surface area is 118 Å². The summed E-state index contributed by atoms with van der Waals surface area (Å²) in [4.78, 5) is 19.7. The van der Waals surface area contributed by atoms with Crippen LogP contribution in [0.25, 0.3) is 0 Å². The highest BCUT2D eigenvalue weighted by Crippen LogP contribution is 2.20. The summed E-state index contributed by atoms with van der Waals surface area (Å²) in [6.07, 6.45) is 0. The Bertz CT molecular complexity index is 629. The Morgan fingerprint density at radius 2 is 2.05 bits per heavy atom. The highest BCUT2D eigenvalue weighted by atomic mass is 35.5. The topological polar surface area (TPSA) is 54.9 Å². The third-order valence-electron chi connectivity index (χ3n) is 2.24. The number of halogens is 3. The summed E-state index contributed by atoms with van der Waals surface area (Å²) in [5.41, 5.74) is 0.600. The first kappa shape index (κ1) is 13.7. The molecule has 4 nitrogen and oxygen atoms in total. The maximum Gasteiger partial charge on any atom is 0.259 e. The summed E-state index contributed by atoms with van der Waals surface area (Å²) < 4.78 is 13.2. The van der Waals surface area contributed by atoms with Crippen LogP contribution in [-0.2, 0) is 0 Å². The van der Waals surface area contributed by atoms with Crippen molar-refractivity contribution in [1.29, 1.82) is 0 Å². The fourth-order valence-electron chi connectivity index (χ4n) is 1.43. The number of aryl methyl sites for hydroxylation is 1. The van der Waals surface area contributed by atoms with Gasteiger partial charge in [0.25, 0.3) is 5.91 Å². The number of carbonyl (C=O) groups is 1. The average molecular weight is 300 g/mol. The molecule has 0 spiro atoms. The number of amides is 1. The molecule has 0 atom stereocenters. The molecule has 0 fully saturated rings. The number of hydrogen-bond acceptors (Lipinski definition) is 3. The maximum atomic E-state index is 13.2. The smallest absolute Gasteiger partial charge is 0.259 e. The van der Waals surface area contributed by atoms with E-state index in [1.807, 2.05) is 0 Å². The first-order valence-corrected chi connectivity index (χ1v) is 5.99. The molecular weight excluding hydrogens is 292 g/mol. The molecule has 1 aromatic heterocycles. The van der Waals surface area contributed by atoms with Gasteiger partial charge in [-0.3, -0.25) is 10.1 Å². The van der Waals surface area contributed by atoms with Crippen molar-refractivity contribution in [3.05, 3.63) is 51.5 Å². The van der Waals surface area contributed by atoms with Gasteiger partial charge in [-0.15, -0.1) is 0 Å². The predicted molar refractivity (Wildman–Crippen MR) is 71.1 cm³/mol. The number of nitrogens with one attached hydrogen (secondary N) is 1. The fraction of sp³-hybridized carbons (Fsp3) is 0.0833. The van der Waals surface area contributed by atoms with Crippen LogP contribution in [0.4, 0.5) is 10.3 Å². The first-order valence-electron chi connectivity index (χ1n) is 5.24. The molecule has 1 heterocycles. The van der Waals surface area contributed by atoms with Crippen LogP contribution in [0.5, 0.6) is 0 Å². The summed E-state index contributed by atoms with van der Waals surface area (Å²) in [6, 6.07) is 5.50. The van der Waals surface area contributed by atoms with Gasteiger partial charge in [-0.1, -0.05) is 29.3 Å². The molecule has 2 aromatic rings. The standard InChI is InChI=1S/C12H8Cl2FN3O/c1-6-5-9(13)17-12(16-6)18-11(19)7-3-2-4-8(15)10(7)14/h2-5H,1H3,(H,16,17,18,19). The lowest BCUT2D eigenvalue weighted by Gasteiger charge is -2.06. The summed E-state index contributed by atoms with van der Waals surface area (Å²) in [5, 5.41) is 2.36. The second-order valence-corrected chi connectivity index (χ2v) is 4.48. The van der Waals surface area contributed by atoms with Gasteiger partial charge in [-0.25, -0.2) is 14.4 Å². The molecule has 0 radical (unpaired) electrons. The molecule has 98 valence electrons. The highest BCUT2D eigenvalue weighted by Gasteiger charge is 2.14. The number of rotatable bonds is 2. The fourth-order valence-corrected chi connectivity index (χ4v) is 1.88. The Balaban J connectivity index is 2.28. The van der Waals surface area contributed by atoms with Crippen LogP contribution in [0.3, 0.4) is 0 Å². The molecule has 0 aliphatic carbocycles. The summed E-state index contributed by atoms with van der Waals surface area (Å²) in [5.74, 6) is -1.24. The van der Waals surface area contributed by atoms with Crippen LogP contribution in [-0.4, -0.2) is 15.9 Å². The number of aromatic nitrogens is 2. The van der Waals surface area contributed by atoms with Crippen molar-refractivity contribution in [3.8, 4) is 0 Å². The van der Waals surface area contributed by atoms with Crippen LogP contribution in [0, 0.1) is 12.7 Å². The van der Waals surface area contributed by atoms with E-state index in [1.54, 1.807) is 13.0 Å². The van der Waals surface area contributed by atoms with E-state index in [0.29, 0.717) is 5.69 Å². The van der Waals surface area contributed by atoms with E-state index in [2.05, 4.69) is 15.3 Å². The van der Waals surface area contributed by atoms with Crippen molar-refractivity contribution in [2.24, 2.45) is 0 Å². The van der Waals surface area contributed by atoms with Crippen LogP contribution in [0.15, 0.2) is 24.3 Å². The Hall–Kier alpha value is -1.72. The van der Waals surface area contributed by atoms with Crippen molar-refractivity contribution in [2.45, 2.75) is 6.92 Å². The van der Waals surface area contributed by atoms with E-state index in [4.69, 9.17) is 23.2 Å². The lowest BCUT2D eigenvalue weighted by Crippen LogP contribution is -2.15. The molecular formula is C12H8Cl2FN3O. The minimum Gasteiger partial charge on any atom is -0.290 e. The van der Waals surface area contributed by atoms with Crippen molar-refractivity contribution in [1.82, 2.24) is 9.97 Å². The van der Waals surface area contributed by atoms with Gasteiger partial charge >= 0.3 is 0 Å². The van der Waals surface area contributed by atoms with Crippen LogP contribution < -0.4 is 5.32 Å². The number of carbonyl (C=O) groups excluding carboxylic acids is 1. The van der Waals surface area contributed by atoms with Gasteiger partial charge < -0.3 is 0 Å². The first-order chi connectivity index (χ1) is 8.97. The number of benzene rings is 1. The predicted octanol–water partition coefficient (Wildman–Crippen LogP) is 3.48. The van der Waals surface area contributed by atoms with E-state index in [9.17, 15) is 9.18 Å². The third-order valence-corrected chi connectivity index (χ3v) is 2.82. The van der Waals surface area contributed by atoms with Crippen LogP contribution >= 0.6 is 23.2 Å². The maximum absolute atomic E-state index is 13.2. The van der Waals surface area contributed by atoms with E-state index in [0.717, 1.165) is 0 Å². The average Bonchev–Trinajstić information content (AvgIpc) is 2.31. The van der Waals surface area contributed by atoms with Crippen LogP contribution in [0.2, 0.25) is 10.2 Å². The molecule has 19 heavy (non-hydrogen) atoms. The molecule has 0 saturated heterocycles. The van der Waals surface area contributed by atoms with E-state index >= 15 is 0 Å². The summed E-state index contributed by atoms with van der Waals surface area (Å²) in [6.45, 7) is 1.71. The third kappa shape index (κ3) is 3.19. The molecule has 1 aromatic carbocycles. The van der Waals surface area contributed by atoms with Crippen molar-refractivity contribution in [3.63, 3.8) is 0 Å². The van der Waals surface area contributed by atoms with E-state index in [-0.39, 0.29) is 21.7 Å². The lowest BCUT2D eigenvalue weighted by atomic mass is 10.2. The van der Waals surface area contributed by atoms with Gasteiger partial charge in [-0.2, -0.15) is 0 Å². The SMILES string of the molecule is Cc1cc(Cl)nc(NC(=O)c2cccc(F)c2Cl)n1. The summed E-state index contributed by atoms with van der Waals surface area (Å²) in [7, 11) is 0. The Morgan fingerprint density at radius 1 is 1.32 bits per heavy atom. The number of nitrogens with zero attached hydrogens (tertiary/aromatic N) is 2. The largest absolute Gasteiger partial charge is 0.290 e. The molecule has 1 amide bonds. The zero-order chi connectivity index (χ0) is 14.0. The van der Waals surface area contributed by atoms with Gasteiger partial charge in [0.05, 0.1) is 10.6 Å². The Kier molecular flexibility index (Phi) is 3.97. The molecule has 0 unspecified atom stereocenters. The quantitative estimate of drug-likeness (QED) is 0.864. The van der Waals surface area contributed by atoms with Gasteiger partial charge in [0.15, 0.2) is 0 Å². The normalized spacial score (nSPS) is 10.3. The molecule has 0 saturated carbocycles. The molecule has 0 aliphatic heterocycles. The van der Waals surface area contributed by atoms with E-state index in [1.165, 1.54) is 18.2 Å². The monoisotopic (exact) mass is 299 g/mol. The molecule has 0 aliphatic rings. The number of anilines is 1. The second-order valence-electron chi connectivity index (χ2n) is 3.71. The van der Waals surface area contributed by atoms with Crippen molar-refractivity contribution < 1.29 is 9.18 Å².